The molecule has 0 radical (unpaired) electrons. The summed E-state index contributed by atoms with van der Waals surface area (Å²) >= 11 is 1.32. The molecule has 4 nitrogen and oxygen atoms in total. The van der Waals surface area contributed by atoms with Gasteiger partial charge in [0.25, 0.3) is 5.91 Å². The topological polar surface area (TPSA) is 55.4 Å². The molecular formula is C13H13NO3S2. The van der Waals surface area contributed by atoms with Gasteiger partial charge in [-0.3, -0.25) is 9.00 Å². The predicted molar refractivity (Wildman–Crippen MR) is 77.6 cm³/mol. The van der Waals surface area contributed by atoms with Gasteiger partial charge in [-0.25, -0.2) is 0 Å². The molecule has 2 aromatic rings. The summed E-state index contributed by atoms with van der Waals surface area (Å²) in [6.07, 6.45) is 1.62. The van der Waals surface area contributed by atoms with Gasteiger partial charge in [0.1, 0.15) is 10.6 Å². The number of amides is 1. The van der Waals surface area contributed by atoms with Crippen molar-refractivity contribution in [2.45, 2.75) is 4.90 Å². The van der Waals surface area contributed by atoms with Crippen LogP contribution in [0.4, 0.5) is 5.69 Å². The van der Waals surface area contributed by atoms with Crippen molar-refractivity contribution < 1.29 is 13.7 Å². The fourth-order valence-corrected chi connectivity index (χ4v) is 2.81. The number of benzene rings is 1. The second-order valence-corrected chi connectivity index (χ2v) is 6.05. The number of thiophene rings is 1. The average Bonchev–Trinajstić information content (AvgIpc) is 2.87. The summed E-state index contributed by atoms with van der Waals surface area (Å²) in [6, 6.07) is 8.68. The van der Waals surface area contributed by atoms with E-state index in [1.54, 1.807) is 42.0 Å². The Morgan fingerprint density at radius 3 is 2.53 bits per heavy atom. The Hall–Kier alpha value is -1.66. The maximum absolute atomic E-state index is 12.0. The Bertz CT molecular complexity index is 605. The third-order valence-electron chi connectivity index (χ3n) is 2.50. The van der Waals surface area contributed by atoms with Crippen LogP contribution in [0.3, 0.4) is 0 Å². The molecule has 1 heterocycles. The molecule has 6 heteroatoms. The highest BCUT2D eigenvalue weighted by atomic mass is 32.2. The average molecular weight is 295 g/mol. The monoisotopic (exact) mass is 295 g/mol. The van der Waals surface area contributed by atoms with Crippen molar-refractivity contribution in [1.29, 1.82) is 0 Å². The van der Waals surface area contributed by atoms with Gasteiger partial charge in [0.2, 0.25) is 0 Å². The van der Waals surface area contributed by atoms with Crippen molar-refractivity contribution in [3.8, 4) is 5.75 Å². The highest BCUT2D eigenvalue weighted by molar-refractivity contribution is 7.84. The van der Waals surface area contributed by atoms with Crippen LogP contribution in [0, 0.1) is 0 Å². The van der Waals surface area contributed by atoms with Crippen molar-refractivity contribution in [2.75, 3.05) is 18.7 Å². The van der Waals surface area contributed by atoms with E-state index in [-0.39, 0.29) is 5.91 Å². The Kier molecular flexibility index (Phi) is 4.34. The molecule has 1 aromatic heterocycles. The number of hydrogen-bond acceptors (Lipinski definition) is 4. The van der Waals surface area contributed by atoms with Crippen molar-refractivity contribution in [2.24, 2.45) is 0 Å². The normalized spacial score (nSPS) is 11.9. The molecule has 1 amide bonds. The van der Waals surface area contributed by atoms with E-state index in [1.807, 2.05) is 0 Å². The number of anilines is 1. The third kappa shape index (κ3) is 3.21. The van der Waals surface area contributed by atoms with E-state index < -0.39 is 10.8 Å². The minimum Gasteiger partial charge on any atom is -0.495 e. The van der Waals surface area contributed by atoms with Crippen LogP contribution in [0.25, 0.3) is 0 Å². The molecule has 0 saturated carbocycles. The molecule has 0 spiro atoms. The van der Waals surface area contributed by atoms with E-state index in [0.29, 0.717) is 16.3 Å². The van der Waals surface area contributed by atoms with Crippen LogP contribution in [0.2, 0.25) is 0 Å². The van der Waals surface area contributed by atoms with Crippen LogP contribution in [-0.2, 0) is 10.8 Å². The van der Waals surface area contributed by atoms with E-state index in [1.165, 1.54) is 18.4 Å². The van der Waals surface area contributed by atoms with Crippen LogP contribution >= 0.6 is 11.3 Å². The molecular weight excluding hydrogens is 282 g/mol. The van der Waals surface area contributed by atoms with Crippen LogP contribution in [-0.4, -0.2) is 23.5 Å². The lowest BCUT2D eigenvalue weighted by Gasteiger charge is -2.06. The molecule has 1 atom stereocenters. The van der Waals surface area contributed by atoms with Crippen LogP contribution < -0.4 is 10.1 Å². The van der Waals surface area contributed by atoms with E-state index >= 15 is 0 Å². The summed E-state index contributed by atoms with van der Waals surface area (Å²) in [6.45, 7) is 0. The molecule has 19 heavy (non-hydrogen) atoms. The van der Waals surface area contributed by atoms with Gasteiger partial charge >= 0.3 is 0 Å². The third-order valence-corrected chi connectivity index (χ3v) is 4.33. The van der Waals surface area contributed by atoms with Crippen LogP contribution in [0.1, 0.15) is 9.67 Å². The maximum atomic E-state index is 12.0. The zero-order chi connectivity index (χ0) is 13.8. The predicted octanol–water partition coefficient (Wildman–Crippen LogP) is 2.75. The van der Waals surface area contributed by atoms with Gasteiger partial charge in [0.05, 0.1) is 7.11 Å². The first-order valence-electron chi connectivity index (χ1n) is 5.48. The molecule has 0 aliphatic carbocycles. The fourth-order valence-electron chi connectivity index (χ4n) is 1.54. The highest BCUT2D eigenvalue weighted by Crippen LogP contribution is 2.25. The first kappa shape index (κ1) is 13.8. The van der Waals surface area contributed by atoms with Crippen molar-refractivity contribution >= 4 is 33.7 Å². The second kappa shape index (κ2) is 5.99. The number of carbonyl (C=O) groups is 1. The first-order valence-corrected chi connectivity index (χ1v) is 7.92. The SMILES string of the molecule is COc1ccsc1C(=O)Nc1ccc([S@](C)=O)cc1. The molecule has 0 unspecified atom stereocenters. The van der Waals surface area contributed by atoms with Crippen molar-refractivity contribution in [3.05, 3.63) is 40.6 Å². The van der Waals surface area contributed by atoms with Gasteiger partial charge in [0.15, 0.2) is 0 Å². The largest absolute Gasteiger partial charge is 0.495 e. The van der Waals surface area contributed by atoms with Gasteiger partial charge < -0.3 is 10.1 Å². The van der Waals surface area contributed by atoms with Gasteiger partial charge in [0, 0.05) is 27.6 Å². The van der Waals surface area contributed by atoms with E-state index in [2.05, 4.69) is 5.32 Å². The molecule has 1 aromatic carbocycles. The quantitative estimate of drug-likeness (QED) is 0.943. The molecule has 100 valence electrons. The van der Waals surface area contributed by atoms with Crippen molar-refractivity contribution in [3.63, 3.8) is 0 Å². The maximum Gasteiger partial charge on any atom is 0.269 e. The molecule has 0 bridgehead atoms. The fraction of sp³-hybridized carbons (Fsp3) is 0.154. The minimum absolute atomic E-state index is 0.211. The van der Waals surface area contributed by atoms with Crippen LogP contribution in [0.15, 0.2) is 40.6 Å². The van der Waals surface area contributed by atoms with Gasteiger partial charge in [-0.1, -0.05) is 0 Å². The zero-order valence-corrected chi connectivity index (χ0v) is 12.1. The Balaban J connectivity index is 2.13. The van der Waals surface area contributed by atoms with Gasteiger partial charge in [-0.2, -0.15) is 0 Å². The molecule has 0 fully saturated rings. The number of carbonyl (C=O) groups excluding carboxylic acids is 1. The molecule has 2 rings (SSSR count). The number of rotatable bonds is 4. The summed E-state index contributed by atoms with van der Waals surface area (Å²) in [5.41, 5.74) is 0.662. The number of methoxy groups -OCH3 is 1. The summed E-state index contributed by atoms with van der Waals surface area (Å²) in [4.78, 5) is 13.3. The molecule has 0 saturated heterocycles. The van der Waals surface area contributed by atoms with Gasteiger partial charge in [-0.15, -0.1) is 11.3 Å². The van der Waals surface area contributed by atoms with E-state index in [9.17, 15) is 9.00 Å². The number of nitrogens with one attached hydrogen (secondary N) is 1. The summed E-state index contributed by atoms with van der Waals surface area (Å²) in [5.74, 6) is 0.353. The van der Waals surface area contributed by atoms with E-state index in [4.69, 9.17) is 4.74 Å². The second-order valence-electron chi connectivity index (χ2n) is 3.75. The summed E-state index contributed by atoms with van der Waals surface area (Å²) in [5, 5.41) is 4.58. The Morgan fingerprint density at radius 2 is 1.95 bits per heavy atom. The van der Waals surface area contributed by atoms with Gasteiger partial charge in [-0.05, 0) is 35.7 Å². The number of hydrogen-bond donors (Lipinski definition) is 1. The number of ether oxygens (including phenoxy) is 1. The minimum atomic E-state index is -1.02. The Labute approximate surface area is 117 Å². The molecule has 1 N–H and O–H groups in total. The lowest BCUT2D eigenvalue weighted by atomic mass is 10.3. The van der Waals surface area contributed by atoms with Crippen LogP contribution in [0.5, 0.6) is 5.75 Å². The zero-order valence-electron chi connectivity index (χ0n) is 10.5. The Morgan fingerprint density at radius 1 is 1.26 bits per heavy atom. The lowest BCUT2D eigenvalue weighted by Crippen LogP contribution is -2.11. The first-order chi connectivity index (χ1) is 9.11. The van der Waals surface area contributed by atoms with Crippen molar-refractivity contribution in [1.82, 2.24) is 0 Å². The lowest BCUT2D eigenvalue weighted by molar-refractivity contribution is 0.102. The summed E-state index contributed by atoms with van der Waals surface area (Å²) in [7, 11) is 0.517. The summed E-state index contributed by atoms with van der Waals surface area (Å²) < 4.78 is 16.4. The molecule has 0 aliphatic rings. The standard InChI is InChI=1S/C13H13NO3S2/c1-17-11-7-8-18-12(11)13(15)14-9-3-5-10(6-4-9)19(2)16/h3-8H,1-2H3,(H,14,15)/t19-/m0/s1. The van der Waals surface area contributed by atoms with E-state index in [0.717, 1.165) is 4.90 Å². The molecule has 0 aliphatic heterocycles. The highest BCUT2D eigenvalue weighted by Gasteiger charge is 2.13. The smallest absolute Gasteiger partial charge is 0.269 e.